The van der Waals surface area contributed by atoms with Crippen LogP contribution in [-0.2, 0) is 24.4 Å². The number of hydrogen-bond donors (Lipinski definition) is 3. The van der Waals surface area contributed by atoms with Crippen molar-refractivity contribution >= 4 is 56.0 Å². The van der Waals surface area contributed by atoms with Gasteiger partial charge in [0.05, 0.1) is 30.1 Å². The molecule has 2 aliphatic heterocycles. The molecule has 5 amide bonds. The first-order valence-corrected chi connectivity index (χ1v) is 23.6. The zero-order chi connectivity index (χ0) is 42.9. The van der Waals surface area contributed by atoms with Gasteiger partial charge in [-0.25, -0.2) is 23.2 Å². The lowest BCUT2D eigenvalue weighted by Crippen LogP contribution is -2.59. The Morgan fingerprint density at radius 2 is 1.85 bits per heavy atom. The fourth-order valence-electron chi connectivity index (χ4n) is 8.25. The molecule has 60 heavy (non-hydrogen) atoms. The number of nitrogens with one attached hydrogen (secondary N) is 3. The fourth-order valence-corrected chi connectivity index (χ4v) is 10.6. The second kappa shape index (κ2) is 17.7. The summed E-state index contributed by atoms with van der Waals surface area (Å²) in [5.41, 5.74) is 1.51. The van der Waals surface area contributed by atoms with Crippen molar-refractivity contribution in [2.24, 2.45) is 5.92 Å². The molecule has 3 N–H and O–H groups in total. The number of aryl methyl sites for hydroxylation is 1. The van der Waals surface area contributed by atoms with Crippen LogP contribution in [0.1, 0.15) is 103 Å². The van der Waals surface area contributed by atoms with E-state index in [1.54, 1.807) is 12.0 Å². The Morgan fingerprint density at radius 3 is 2.53 bits per heavy atom. The minimum Gasteiger partial charge on any atom is -0.496 e. The fraction of sp³-hybridized carbons (Fsp3) is 0.581. The van der Waals surface area contributed by atoms with Gasteiger partial charge in [-0.3, -0.25) is 19.1 Å². The molecule has 0 bridgehead atoms. The van der Waals surface area contributed by atoms with Crippen molar-refractivity contribution in [3.63, 3.8) is 0 Å². The maximum atomic E-state index is 14.8. The number of urea groups is 1. The highest BCUT2D eigenvalue weighted by Gasteiger charge is 2.62. The minimum atomic E-state index is -3.90. The van der Waals surface area contributed by atoms with Crippen molar-refractivity contribution in [3.8, 4) is 22.2 Å². The third kappa shape index (κ3) is 8.97. The Bertz CT molecular complexity index is 2270. The molecular formula is C43H57N7O8S2. The molecule has 2 saturated carbocycles. The molecule has 0 unspecified atom stereocenters. The third-order valence-corrected chi connectivity index (χ3v) is 14.9. The number of aromatic nitrogens is 2. The van der Waals surface area contributed by atoms with Crippen LogP contribution in [0.4, 0.5) is 4.79 Å². The molecule has 324 valence electrons. The van der Waals surface area contributed by atoms with Crippen molar-refractivity contribution < 1.29 is 37.1 Å². The number of methoxy groups -OCH3 is 1. The standard InChI is InChI=1S/C43H57N7O8S2/c1-7-49(8-2)42(54)46-31-15-13-11-9-10-12-14-27-22-43(27,41(53)48-60(55,56)29-16-17-29)47-38(51)34-20-28(23-50(34)40(31)52)58-36-21-32(39-45-33(24-59-39)25(3)4)44-37-26(5)35(57-6)19-18-30(36)37/h12,14,18-19,21,24-25,27-29,31,34H,7-11,13,15-17,20,22-23H2,1-6H3,(H,46,54)(H,47,51)(H,48,53)/b14-12+/t27-,28-,31+,34+,43-/m1/s1. The van der Waals surface area contributed by atoms with Gasteiger partial charge in [0, 0.05) is 47.8 Å². The van der Waals surface area contributed by atoms with Crippen LogP contribution in [0.2, 0.25) is 0 Å². The van der Waals surface area contributed by atoms with E-state index in [1.165, 1.54) is 16.2 Å². The van der Waals surface area contributed by atoms with Crippen LogP contribution in [0.3, 0.4) is 0 Å². The van der Waals surface area contributed by atoms with Crippen molar-refractivity contribution in [1.82, 2.24) is 35.1 Å². The number of nitrogens with zero attached hydrogens (tertiary/aromatic N) is 4. The van der Waals surface area contributed by atoms with Crippen molar-refractivity contribution in [3.05, 3.63) is 47.0 Å². The number of ether oxygens (including phenoxy) is 2. The maximum Gasteiger partial charge on any atom is 0.318 e. The van der Waals surface area contributed by atoms with Gasteiger partial charge >= 0.3 is 6.03 Å². The Labute approximate surface area is 356 Å². The molecule has 17 heteroatoms. The number of rotatable bonds is 11. The minimum absolute atomic E-state index is 0.0101. The summed E-state index contributed by atoms with van der Waals surface area (Å²) in [7, 11) is -2.30. The summed E-state index contributed by atoms with van der Waals surface area (Å²) in [6, 6.07) is 3.16. The number of thiazole rings is 1. The van der Waals surface area contributed by atoms with Gasteiger partial charge in [-0.05, 0) is 77.3 Å². The molecule has 4 aliphatic rings. The molecule has 3 fully saturated rings. The number of hydrogen-bond acceptors (Lipinski definition) is 11. The van der Waals surface area contributed by atoms with Gasteiger partial charge in [0.15, 0.2) is 0 Å². The van der Waals surface area contributed by atoms with E-state index in [0.29, 0.717) is 78.3 Å². The first kappa shape index (κ1) is 43.3. The average molecular weight is 864 g/mol. The Hall–Kier alpha value is -4.77. The summed E-state index contributed by atoms with van der Waals surface area (Å²) in [6.07, 6.45) is 7.72. The van der Waals surface area contributed by atoms with E-state index in [9.17, 15) is 27.6 Å². The molecule has 1 saturated heterocycles. The van der Waals surface area contributed by atoms with Crippen molar-refractivity contribution in [1.29, 1.82) is 0 Å². The van der Waals surface area contributed by atoms with Gasteiger partial charge in [-0.15, -0.1) is 11.3 Å². The normalized spacial score (nSPS) is 25.4. The molecule has 7 rings (SSSR count). The highest BCUT2D eigenvalue weighted by molar-refractivity contribution is 7.91. The number of amides is 5. The number of allylic oxidation sites excluding steroid dienone is 1. The molecule has 4 heterocycles. The summed E-state index contributed by atoms with van der Waals surface area (Å²) in [6.45, 7) is 10.7. The third-order valence-electron chi connectivity index (χ3n) is 12.2. The maximum absolute atomic E-state index is 14.8. The summed E-state index contributed by atoms with van der Waals surface area (Å²) in [5, 5.41) is 8.72. The van der Waals surface area contributed by atoms with E-state index in [-0.39, 0.29) is 31.3 Å². The number of benzene rings is 1. The number of pyridine rings is 1. The van der Waals surface area contributed by atoms with E-state index in [4.69, 9.17) is 19.4 Å². The predicted octanol–water partition coefficient (Wildman–Crippen LogP) is 5.57. The largest absolute Gasteiger partial charge is 0.496 e. The van der Waals surface area contributed by atoms with Gasteiger partial charge in [0.2, 0.25) is 21.8 Å². The number of carbonyl (C=O) groups excluding carboxylic acids is 4. The number of fused-ring (bicyclic) bond motifs is 3. The average Bonchev–Trinajstić information content (AvgIpc) is 4.09. The number of carbonyl (C=O) groups is 4. The second-order valence-electron chi connectivity index (χ2n) is 16.7. The molecule has 2 aromatic heterocycles. The molecule has 2 aliphatic carbocycles. The molecule has 0 radical (unpaired) electrons. The van der Waals surface area contributed by atoms with Gasteiger partial charge in [-0.2, -0.15) is 0 Å². The monoisotopic (exact) mass is 863 g/mol. The quantitative estimate of drug-likeness (QED) is 0.206. The zero-order valence-electron chi connectivity index (χ0n) is 35.3. The zero-order valence-corrected chi connectivity index (χ0v) is 36.9. The highest BCUT2D eigenvalue weighted by Crippen LogP contribution is 2.46. The van der Waals surface area contributed by atoms with E-state index < -0.39 is 62.6 Å². The summed E-state index contributed by atoms with van der Waals surface area (Å²) < 4.78 is 40.6. The number of sulfonamides is 1. The van der Waals surface area contributed by atoms with E-state index >= 15 is 0 Å². The lowest BCUT2D eigenvalue weighted by molar-refractivity contribution is -0.141. The van der Waals surface area contributed by atoms with Crippen LogP contribution in [0.15, 0.2) is 35.7 Å². The van der Waals surface area contributed by atoms with Crippen LogP contribution >= 0.6 is 11.3 Å². The second-order valence-corrected chi connectivity index (χ2v) is 19.5. The highest BCUT2D eigenvalue weighted by atomic mass is 32.2. The molecular weight excluding hydrogens is 807 g/mol. The van der Waals surface area contributed by atoms with Crippen LogP contribution in [0, 0.1) is 12.8 Å². The van der Waals surface area contributed by atoms with E-state index in [1.807, 2.05) is 56.5 Å². The molecule has 1 aromatic carbocycles. The van der Waals surface area contributed by atoms with Crippen LogP contribution in [0.25, 0.3) is 21.6 Å². The van der Waals surface area contributed by atoms with Crippen LogP contribution in [-0.4, -0.2) is 108 Å². The first-order chi connectivity index (χ1) is 28.7. The predicted molar refractivity (Wildman–Crippen MR) is 229 cm³/mol. The topological polar surface area (TPSA) is 189 Å². The van der Waals surface area contributed by atoms with E-state index in [2.05, 4.69) is 29.2 Å². The van der Waals surface area contributed by atoms with Gasteiger partial charge < -0.3 is 29.9 Å². The lowest BCUT2D eigenvalue weighted by atomic mass is 10.0. The van der Waals surface area contributed by atoms with Gasteiger partial charge in [-0.1, -0.05) is 38.8 Å². The Morgan fingerprint density at radius 1 is 1.08 bits per heavy atom. The van der Waals surface area contributed by atoms with Gasteiger partial charge in [0.1, 0.15) is 45.9 Å². The summed E-state index contributed by atoms with van der Waals surface area (Å²) in [5.74, 6) is -0.871. The molecule has 3 aromatic rings. The summed E-state index contributed by atoms with van der Waals surface area (Å²) >= 11 is 1.48. The van der Waals surface area contributed by atoms with Gasteiger partial charge in [0.25, 0.3) is 5.91 Å². The lowest BCUT2D eigenvalue weighted by Gasteiger charge is -2.31. The molecule has 0 spiro atoms. The van der Waals surface area contributed by atoms with Crippen LogP contribution in [0.5, 0.6) is 11.5 Å². The van der Waals surface area contributed by atoms with Crippen LogP contribution < -0.4 is 24.8 Å². The Kier molecular flexibility index (Phi) is 12.8. The summed E-state index contributed by atoms with van der Waals surface area (Å²) in [4.78, 5) is 69.7. The van der Waals surface area contributed by atoms with E-state index in [0.717, 1.165) is 24.1 Å². The van der Waals surface area contributed by atoms with Crippen molar-refractivity contribution in [2.75, 3.05) is 26.7 Å². The molecule has 15 nitrogen and oxygen atoms in total. The Balaban J connectivity index is 1.25. The first-order valence-electron chi connectivity index (χ1n) is 21.2. The SMILES string of the molecule is CCN(CC)C(=O)N[C@H]1CCCCC/C=C/[C@@H]2C[C@@]2(C(=O)NS(=O)(=O)C2CC2)NC(=O)[C@@H]2C[C@@H](Oc3cc(-c4nc(C(C)C)cs4)nc4c(C)c(OC)ccc34)CN2C1=O. The smallest absolute Gasteiger partial charge is 0.318 e. The molecule has 5 atom stereocenters. The van der Waals surface area contributed by atoms with Crippen molar-refractivity contribution in [2.45, 2.75) is 127 Å².